The fourth-order valence-corrected chi connectivity index (χ4v) is 2.02. The number of carbonyl (C=O) groups excluding carboxylic acids is 1. The zero-order valence-corrected chi connectivity index (χ0v) is 11.4. The van der Waals surface area contributed by atoms with E-state index in [2.05, 4.69) is 0 Å². The summed E-state index contributed by atoms with van der Waals surface area (Å²) in [6.45, 7) is 0. The maximum atomic E-state index is 12.8. The molecule has 1 atom stereocenters. The van der Waals surface area contributed by atoms with E-state index in [9.17, 15) is 4.79 Å². The molecule has 2 rings (SSSR count). The van der Waals surface area contributed by atoms with E-state index in [0.29, 0.717) is 11.1 Å². The van der Waals surface area contributed by atoms with Crippen LogP contribution >= 0.6 is 0 Å². The lowest BCUT2D eigenvalue weighted by molar-refractivity contribution is -0.397. The van der Waals surface area contributed by atoms with Crippen molar-refractivity contribution in [3.63, 3.8) is 0 Å². The third-order valence-electron chi connectivity index (χ3n) is 2.98. The average Bonchev–Trinajstić information content (AvgIpc) is 2.54. The van der Waals surface area contributed by atoms with Gasteiger partial charge in [-0.25, -0.2) is 4.89 Å². The van der Waals surface area contributed by atoms with Gasteiger partial charge in [-0.3, -0.25) is 4.79 Å². The van der Waals surface area contributed by atoms with E-state index in [4.69, 9.17) is 14.5 Å². The highest BCUT2D eigenvalue weighted by atomic mass is 17.2. The monoisotopic (exact) mass is 272 g/mol. The molecule has 0 saturated heterocycles. The molecule has 4 nitrogen and oxygen atoms in total. The van der Waals surface area contributed by atoms with E-state index in [0.717, 1.165) is 0 Å². The van der Waals surface area contributed by atoms with Crippen LogP contribution in [0.15, 0.2) is 60.7 Å². The molecule has 0 aliphatic rings. The first-order valence-corrected chi connectivity index (χ1v) is 6.17. The third kappa shape index (κ3) is 2.63. The molecular formula is C16H16O4. The van der Waals surface area contributed by atoms with Crippen molar-refractivity contribution in [2.45, 2.75) is 5.79 Å². The standard InChI is InChI=1S/C16H16O4/c1-18-16(20-19-2,14-11-7-4-8-12-14)15(17)13-9-5-3-6-10-13/h3-12H,1-2H3/t16-/m0/s1. The Kier molecular flexibility index (Phi) is 4.63. The molecular weight excluding hydrogens is 256 g/mol. The summed E-state index contributed by atoms with van der Waals surface area (Å²) in [5.74, 6) is -1.94. The number of Topliss-reactive ketones (excluding diaryl/α,β-unsaturated/α-hetero) is 1. The second kappa shape index (κ2) is 6.43. The Morgan fingerprint density at radius 2 is 1.45 bits per heavy atom. The predicted octanol–water partition coefficient (Wildman–Crippen LogP) is 2.95. The molecule has 0 unspecified atom stereocenters. The van der Waals surface area contributed by atoms with Gasteiger partial charge in [-0.05, 0) is 0 Å². The molecule has 0 radical (unpaired) electrons. The molecule has 0 aromatic heterocycles. The second-order valence-corrected chi connectivity index (χ2v) is 4.13. The quantitative estimate of drug-likeness (QED) is 0.351. The summed E-state index contributed by atoms with van der Waals surface area (Å²) in [5.41, 5.74) is 1.05. The number of rotatable bonds is 6. The first-order valence-electron chi connectivity index (χ1n) is 6.17. The molecule has 0 amide bonds. The number of ether oxygens (including phenoxy) is 1. The van der Waals surface area contributed by atoms with Crippen molar-refractivity contribution >= 4 is 5.78 Å². The third-order valence-corrected chi connectivity index (χ3v) is 2.98. The van der Waals surface area contributed by atoms with E-state index in [1.54, 1.807) is 48.5 Å². The molecule has 0 N–H and O–H groups in total. The predicted molar refractivity (Wildman–Crippen MR) is 74.0 cm³/mol. The Balaban J connectivity index is 2.50. The first-order chi connectivity index (χ1) is 9.74. The van der Waals surface area contributed by atoms with E-state index < -0.39 is 5.79 Å². The minimum atomic E-state index is -1.61. The van der Waals surface area contributed by atoms with Gasteiger partial charge in [0.25, 0.3) is 5.79 Å². The Bertz CT molecular complexity index is 553. The van der Waals surface area contributed by atoms with E-state index in [-0.39, 0.29) is 5.78 Å². The number of hydrogen-bond donors (Lipinski definition) is 0. The van der Waals surface area contributed by atoms with Gasteiger partial charge in [0.1, 0.15) is 0 Å². The zero-order chi connectivity index (χ0) is 14.4. The van der Waals surface area contributed by atoms with E-state index in [1.807, 2.05) is 12.1 Å². The Labute approximate surface area is 117 Å². The van der Waals surface area contributed by atoms with Crippen molar-refractivity contribution in [1.29, 1.82) is 0 Å². The van der Waals surface area contributed by atoms with Crippen LogP contribution in [0.3, 0.4) is 0 Å². The number of carbonyl (C=O) groups is 1. The van der Waals surface area contributed by atoms with Crippen LogP contribution in [0.25, 0.3) is 0 Å². The second-order valence-electron chi connectivity index (χ2n) is 4.13. The van der Waals surface area contributed by atoms with Crippen molar-refractivity contribution in [3.8, 4) is 0 Å². The molecule has 20 heavy (non-hydrogen) atoms. The maximum absolute atomic E-state index is 12.8. The van der Waals surface area contributed by atoms with E-state index >= 15 is 0 Å². The van der Waals surface area contributed by atoms with Crippen LogP contribution < -0.4 is 0 Å². The van der Waals surface area contributed by atoms with Gasteiger partial charge >= 0.3 is 0 Å². The van der Waals surface area contributed by atoms with Gasteiger partial charge in [-0.1, -0.05) is 60.7 Å². The molecule has 0 saturated carbocycles. The zero-order valence-electron chi connectivity index (χ0n) is 11.4. The van der Waals surface area contributed by atoms with Gasteiger partial charge in [0.05, 0.1) is 7.11 Å². The molecule has 0 bridgehead atoms. The van der Waals surface area contributed by atoms with Crippen LogP contribution in [0, 0.1) is 0 Å². The fraction of sp³-hybridized carbons (Fsp3) is 0.188. The summed E-state index contributed by atoms with van der Waals surface area (Å²) in [5, 5.41) is 0. The van der Waals surface area contributed by atoms with Gasteiger partial charge in [-0.2, -0.15) is 4.89 Å². The summed E-state index contributed by atoms with van der Waals surface area (Å²) in [6, 6.07) is 17.8. The lowest BCUT2D eigenvalue weighted by Gasteiger charge is -2.29. The van der Waals surface area contributed by atoms with Crippen LogP contribution in [-0.4, -0.2) is 20.0 Å². The fourth-order valence-electron chi connectivity index (χ4n) is 2.02. The molecule has 2 aromatic carbocycles. The molecule has 0 spiro atoms. The smallest absolute Gasteiger partial charge is 0.291 e. The number of methoxy groups -OCH3 is 1. The molecule has 0 fully saturated rings. The normalized spacial score (nSPS) is 13.7. The highest BCUT2D eigenvalue weighted by Gasteiger charge is 2.43. The molecule has 4 heteroatoms. The molecule has 0 heterocycles. The van der Waals surface area contributed by atoms with Crippen molar-refractivity contribution in [1.82, 2.24) is 0 Å². The Hall–Kier alpha value is -2.01. The molecule has 0 aliphatic carbocycles. The summed E-state index contributed by atoms with van der Waals surface area (Å²) < 4.78 is 5.38. The van der Waals surface area contributed by atoms with Gasteiger partial charge in [0.2, 0.25) is 5.78 Å². The number of benzene rings is 2. The SMILES string of the molecule is COO[C@](OC)(C(=O)c1ccccc1)c1ccccc1. The lowest BCUT2D eigenvalue weighted by Crippen LogP contribution is -2.40. The average molecular weight is 272 g/mol. The van der Waals surface area contributed by atoms with Gasteiger partial charge in [0.15, 0.2) is 0 Å². The van der Waals surface area contributed by atoms with Crippen molar-refractivity contribution in [3.05, 3.63) is 71.8 Å². The summed E-state index contributed by atoms with van der Waals surface area (Å²) >= 11 is 0. The largest absolute Gasteiger partial charge is 0.341 e. The minimum absolute atomic E-state index is 0.325. The summed E-state index contributed by atoms with van der Waals surface area (Å²) in [7, 11) is 2.75. The van der Waals surface area contributed by atoms with Crippen molar-refractivity contribution < 1.29 is 19.3 Å². The van der Waals surface area contributed by atoms with Gasteiger partial charge in [0, 0.05) is 18.2 Å². The number of hydrogen-bond acceptors (Lipinski definition) is 4. The molecule has 0 aliphatic heterocycles. The Morgan fingerprint density at radius 1 is 0.900 bits per heavy atom. The van der Waals surface area contributed by atoms with Gasteiger partial charge < -0.3 is 4.74 Å². The number of ketones is 1. The first kappa shape index (κ1) is 14.4. The highest BCUT2D eigenvalue weighted by Crippen LogP contribution is 2.31. The van der Waals surface area contributed by atoms with Crippen LogP contribution in [0.5, 0.6) is 0 Å². The van der Waals surface area contributed by atoms with Crippen LogP contribution in [0.2, 0.25) is 0 Å². The van der Waals surface area contributed by atoms with Crippen LogP contribution in [-0.2, 0) is 20.3 Å². The van der Waals surface area contributed by atoms with Crippen molar-refractivity contribution in [2.75, 3.05) is 14.2 Å². The molecule has 104 valence electrons. The highest BCUT2D eigenvalue weighted by molar-refractivity contribution is 6.02. The van der Waals surface area contributed by atoms with Gasteiger partial charge in [-0.15, -0.1) is 0 Å². The van der Waals surface area contributed by atoms with Crippen LogP contribution in [0.4, 0.5) is 0 Å². The topological polar surface area (TPSA) is 44.8 Å². The van der Waals surface area contributed by atoms with Crippen LogP contribution in [0.1, 0.15) is 15.9 Å². The Morgan fingerprint density at radius 3 is 1.95 bits per heavy atom. The van der Waals surface area contributed by atoms with E-state index in [1.165, 1.54) is 14.2 Å². The lowest BCUT2D eigenvalue weighted by atomic mass is 9.96. The summed E-state index contributed by atoms with van der Waals surface area (Å²) in [6.07, 6.45) is 0. The van der Waals surface area contributed by atoms with Crippen molar-refractivity contribution in [2.24, 2.45) is 0 Å². The minimum Gasteiger partial charge on any atom is -0.341 e. The maximum Gasteiger partial charge on any atom is 0.291 e. The molecule has 2 aromatic rings. The summed E-state index contributed by atoms with van der Waals surface area (Å²) in [4.78, 5) is 22.7.